The Bertz CT molecular complexity index is 260. The lowest BCUT2D eigenvalue weighted by molar-refractivity contribution is -0.152. The van der Waals surface area contributed by atoms with Gasteiger partial charge in [0.25, 0.3) is 0 Å². The average molecular weight is 241 g/mol. The molecule has 0 atom stereocenters. The molecule has 0 amide bonds. The van der Waals surface area contributed by atoms with Crippen LogP contribution in [0, 0.1) is 5.41 Å². The molecule has 0 aromatic rings. The summed E-state index contributed by atoms with van der Waals surface area (Å²) in [5.74, 6) is -0.633. The van der Waals surface area contributed by atoms with Gasteiger partial charge in [0.1, 0.15) is 5.54 Å². The average Bonchev–Trinajstić information content (AvgIpc) is 2.40. The predicted molar refractivity (Wildman–Crippen MR) is 70.2 cm³/mol. The summed E-state index contributed by atoms with van der Waals surface area (Å²) in [7, 11) is 1.98. The van der Waals surface area contributed by atoms with Crippen molar-refractivity contribution in [2.75, 3.05) is 13.6 Å². The van der Waals surface area contributed by atoms with Crippen LogP contribution in [0.15, 0.2) is 0 Å². The molecular weight excluding hydrogens is 214 g/mol. The van der Waals surface area contributed by atoms with Crippen LogP contribution in [0.3, 0.4) is 0 Å². The van der Waals surface area contributed by atoms with Crippen LogP contribution in [0.25, 0.3) is 0 Å². The summed E-state index contributed by atoms with van der Waals surface area (Å²) in [6.45, 7) is 7.32. The number of likely N-dealkylation sites (N-methyl/N-ethyl adjacent to an activating group) is 1. The Morgan fingerprint density at radius 1 is 1.18 bits per heavy atom. The fourth-order valence-corrected chi connectivity index (χ4v) is 2.94. The maximum Gasteiger partial charge on any atom is 0.324 e. The molecule has 3 nitrogen and oxygen atoms in total. The molecule has 17 heavy (non-hydrogen) atoms. The first-order valence-electron chi connectivity index (χ1n) is 6.73. The van der Waals surface area contributed by atoms with Gasteiger partial charge in [-0.1, -0.05) is 46.5 Å². The minimum atomic E-state index is -0.633. The quantitative estimate of drug-likeness (QED) is 0.772. The highest BCUT2D eigenvalue weighted by Gasteiger charge is 2.43. The first-order valence-corrected chi connectivity index (χ1v) is 6.73. The molecule has 0 bridgehead atoms. The number of hydrogen-bond donors (Lipinski definition) is 1. The molecule has 0 spiro atoms. The van der Waals surface area contributed by atoms with Crippen molar-refractivity contribution < 1.29 is 9.90 Å². The second-order valence-electron chi connectivity index (χ2n) is 6.67. The Balaban J connectivity index is 2.86. The van der Waals surface area contributed by atoms with Crippen LogP contribution in [-0.2, 0) is 4.79 Å². The van der Waals surface area contributed by atoms with E-state index in [0.717, 1.165) is 32.2 Å². The van der Waals surface area contributed by atoms with Crippen LogP contribution in [0.2, 0.25) is 0 Å². The first kappa shape index (κ1) is 14.5. The van der Waals surface area contributed by atoms with E-state index in [1.165, 1.54) is 12.8 Å². The number of rotatable bonds is 3. The largest absolute Gasteiger partial charge is 0.480 e. The zero-order valence-electron chi connectivity index (χ0n) is 11.8. The van der Waals surface area contributed by atoms with Crippen molar-refractivity contribution >= 4 is 5.97 Å². The lowest BCUT2D eigenvalue weighted by Crippen LogP contribution is -2.54. The maximum atomic E-state index is 11.7. The Morgan fingerprint density at radius 3 is 2.00 bits per heavy atom. The van der Waals surface area contributed by atoms with Gasteiger partial charge in [-0.15, -0.1) is 0 Å². The van der Waals surface area contributed by atoms with E-state index in [-0.39, 0.29) is 5.41 Å². The van der Waals surface area contributed by atoms with Gasteiger partial charge in [-0.3, -0.25) is 9.69 Å². The van der Waals surface area contributed by atoms with E-state index >= 15 is 0 Å². The van der Waals surface area contributed by atoms with Gasteiger partial charge in [-0.2, -0.15) is 0 Å². The maximum absolute atomic E-state index is 11.7. The number of carbonyl (C=O) groups is 1. The third kappa shape index (κ3) is 3.70. The minimum Gasteiger partial charge on any atom is -0.480 e. The second kappa shape index (κ2) is 5.38. The molecule has 0 radical (unpaired) electrons. The highest BCUT2D eigenvalue weighted by Crippen LogP contribution is 2.34. The zero-order chi connectivity index (χ0) is 13.1. The van der Waals surface area contributed by atoms with Crippen LogP contribution < -0.4 is 0 Å². The lowest BCUT2D eigenvalue weighted by atomic mass is 9.85. The van der Waals surface area contributed by atoms with E-state index in [0.29, 0.717) is 0 Å². The smallest absolute Gasteiger partial charge is 0.324 e. The molecule has 100 valence electrons. The fraction of sp³-hybridized carbons (Fsp3) is 0.929. The summed E-state index contributed by atoms with van der Waals surface area (Å²) in [4.78, 5) is 13.8. The highest BCUT2D eigenvalue weighted by molar-refractivity contribution is 5.78. The summed E-state index contributed by atoms with van der Waals surface area (Å²) in [6.07, 6.45) is 6.04. The lowest BCUT2D eigenvalue weighted by Gasteiger charge is -2.41. The summed E-state index contributed by atoms with van der Waals surface area (Å²) in [5.41, 5.74) is -0.479. The van der Waals surface area contributed by atoms with Gasteiger partial charge in [0.2, 0.25) is 0 Å². The Labute approximate surface area is 105 Å². The highest BCUT2D eigenvalue weighted by atomic mass is 16.4. The van der Waals surface area contributed by atoms with Crippen LogP contribution in [-0.4, -0.2) is 35.1 Å². The molecule has 3 heteroatoms. The first-order chi connectivity index (χ1) is 7.78. The van der Waals surface area contributed by atoms with Crippen LogP contribution in [0.1, 0.15) is 59.3 Å². The van der Waals surface area contributed by atoms with Gasteiger partial charge in [0, 0.05) is 6.54 Å². The van der Waals surface area contributed by atoms with E-state index in [4.69, 9.17) is 0 Å². The molecule has 0 heterocycles. The van der Waals surface area contributed by atoms with Crippen molar-refractivity contribution in [2.24, 2.45) is 5.41 Å². The topological polar surface area (TPSA) is 40.5 Å². The van der Waals surface area contributed by atoms with Crippen LogP contribution in [0.5, 0.6) is 0 Å². The predicted octanol–water partition coefficient (Wildman–Crippen LogP) is 3.14. The van der Waals surface area contributed by atoms with Crippen molar-refractivity contribution in [2.45, 2.75) is 64.8 Å². The number of nitrogens with zero attached hydrogens (tertiary/aromatic N) is 1. The molecule has 0 saturated heterocycles. The van der Waals surface area contributed by atoms with Crippen LogP contribution >= 0.6 is 0 Å². The van der Waals surface area contributed by atoms with Crippen molar-refractivity contribution in [1.29, 1.82) is 0 Å². The van der Waals surface area contributed by atoms with E-state index in [9.17, 15) is 9.90 Å². The van der Waals surface area contributed by atoms with Crippen molar-refractivity contribution in [1.82, 2.24) is 4.90 Å². The van der Waals surface area contributed by atoms with Gasteiger partial charge < -0.3 is 5.11 Å². The third-order valence-corrected chi connectivity index (χ3v) is 3.77. The van der Waals surface area contributed by atoms with Crippen molar-refractivity contribution in [3.63, 3.8) is 0 Å². The molecule has 1 aliphatic carbocycles. The number of carboxylic acid groups (broad SMARTS) is 1. The fourth-order valence-electron chi connectivity index (χ4n) is 2.94. The number of hydrogen-bond acceptors (Lipinski definition) is 2. The van der Waals surface area contributed by atoms with Crippen molar-refractivity contribution in [3.05, 3.63) is 0 Å². The molecule has 1 aliphatic rings. The summed E-state index contributed by atoms with van der Waals surface area (Å²) in [5, 5.41) is 9.64. The monoisotopic (exact) mass is 241 g/mol. The van der Waals surface area contributed by atoms with E-state index < -0.39 is 11.5 Å². The SMILES string of the molecule is CN(CC(C)(C)C)C1(C(=O)O)CCCCCC1. The van der Waals surface area contributed by atoms with Gasteiger partial charge in [-0.05, 0) is 25.3 Å². The molecule has 0 aromatic heterocycles. The number of carboxylic acids is 1. The molecular formula is C14H27NO2. The number of aliphatic carboxylic acids is 1. The second-order valence-corrected chi connectivity index (χ2v) is 6.67. The Hall–Kier alpha value is -0.570. The molecule has 1 fully saturated rings. The minimum absolute atomic E-state index is 0.142. The molecule has 0 unspecified atom stereocenters. The molecule has 1 saturated carbocycles. The molecule has 1 N–H and O–H groups in total. The zero-order valence-corrected chi connectivity index (χ0v) is 11.8. The Morgan fingerprint density at radius 2 is 1.65 bits per heavy atom. The Kier molecular flexibility index (Phi) is 4.59. The summed E-state index contributed by atoms with van der Waals surface area (Å²) in [6, 6.07) is 0. The van der Waals surface area contributed by atoms with E-state index in [1.54, 1.807) is 0 Å². The van der Waals surface area contributed by atoms with Gasteiger partial charge in [-0.25, -0.2) is 0 Å². The van der Waals surface area contributed by atoms with Crippen LogP contribution in [0.4, 0.5) is 0 Å². The third-order valence-electron chi connectivity index (χ3n) is 3.77. The molecule has 0 aliphatic heterocycles. The normalized spacial score (nSPS) is 21.2. The summed E-state index contributed by atoms with van der Waals surface area (Å²) >= 11 is 0. The van der Waals surface area contributed by atoms with Crippen molar-refractivity contribution in [3.8, 4) is 0 Å². The summed E-state index contributed by atoms with van der Waals surface area (Å²) < 4.78 is 0. The standard InChI is InChI=1S/C14H27NO2/c1-13(2,3)11-15(4)14(12(16)17)9-7-5-6-8-10-14/h5-11H2,1-4H3,(H,16,17). The van der Waals surface area contributed by atoms with Gasteiger partial charge in [0.15, 0.2) is 0 Å². The molecule has 0 aromatic carbocycles. The van der Waals surface area contributed by atoms with E-state index in [2.05, 4.69) is 25.7 Å². The van der Waals surface area contributed by atoms with E-state index in [1.807, 2.05) is 7.05 Å². The van der Waals surface area contributed by atoms with Gasteiger partial charge >= 0.3 is 5.97 Å². The van der Waals surface area contributed by atoms with Gasteiger partial charge in [0.05, 0.1) is 0 Å². The molecule has 1 rings (SSSR count).